The van der Waals surface area contributed by atoms with Crippen molar-refractivity contribution in [1.29, 1.82) is 0 Å². The van der Waals surface area contributed by atoms with Crippen LogP contribution in [0.1, 0.15) is 19.3 Å². The monoisotopic (exact) mass is 321 g/mol. The van der Waals surface area contributed by atoms with E-state index in [0.717, 1.165) is 12.8 Å². The molecule has 108 valence electrons. The standard InChI is InChI=1S/C16H13Cl2NO2/c17-12-4-3-11(6-13(12)18)19-14(20)8-16(15(19)21)7-9-1-2-10(16)5-9/h1-4,6,9-10H,5,7-8H2/t9-,10+,16-/m0/s1. The van der Waals surface area contributed by atoms with Gasteiger partial charge in [0.2, 0.25) is 11.8 Å². The molecule has 2 bridgehead atoms. The fraction of sp³-hybridized carbons (Fsp3) is 0.375. The second-order valence-corrected chi connectivity index (χ2v) is 6.97. The fourth-order valence-electron chi connectivity index (χ4n) is 4.05. The Morgan fingerprint density at radius 1 is 1.14 bits per heavy atom. The van der Waals surface area contributed by atoms with Crippen LogP contribution < -0.4 is 4.90 Å². The number of halogens is 2. The maximum Gasteiger partial charge on any atom is 0.241 e. The van der Waals surface area contributed by atoms with Gasteiger partial charge in [0.25, 0.3) is 0 Å². The number of hydrogen-bond acceptors (Lipinski definition) is 2. The Hall–Kier alpha value is -1.32. The van der Waals surface area contributed by atoms with Gasteiger partial charge in [-0.2, -0.15) is 0 Å². The molecule has 3 atom stereocenters. The van der Waals surface area contributed by atoms with E-state index >= 15 is 0 Å². The van der Waals surface area contributed by atoms with Crippen molar-refractivity contribution in [3.8, 4) is 0 Å². The van der Waals surface area contributed by atoms with Crippen LogP contribution in [0.25, 0.3) is 0 Å². The van der Waals surface area contributed by atoms with Crippen LogP contribution in [0.3, 0.4) is 0 Å². The summed E-state index contributed by atoms with van der Waals surface area (Å²) in [5, 5.41) is 0.764. The first-order valence-electron chi connectivity index (χ1n) is 7.02. The average molecular weight is 322 g/mol. The third-order valence-electron chi connectivity index (χ3n) is 5.01. The van der Waals surface area contributed by atoms with Gasteiger partial charge in [-0.15, -0.1) is 0 Å². The van der Waals surface area contributed by atoms with E-state index in [9.17, 15) is 9.59 Å². The number of rotatable bonds is 1. The molecule has 1 heterocycles. The van der Waals surface area contributed by atoms with Crippen LogP contribution in [0.5, 0.6) is 0 Å². The zero-order chi connectivity index (χ0) is 14.8. The number of benzene rings is 1. The molecular weight excluding hydrogens is 309 g/mol. The Kier molecular flexibility index (Phi) is 2.76. The molecule has 0 N–H and O–H groups in total. The summed E-state index contributed by atoms with van der Waals surface area (Å²) in [6.07, 6.45) is 6.37. The predicted molar refractivity (Wildman–Crippen MR) is 81.4 cm³/mol. The van der Waals surface area contributed by atoms with Crippen LogP contribution in [0.15, 0.2) is 30.4 Å². The molecule has 21 heavy (non-hydrogen) atoms. The number of nitrogens with zero attached hydrogens (tertiary/aromatic N) is 1. The summed E-state index contributed by atoms with van der Waals surface area (Å²) < 4.78 is 0. The highest BCUT2D eigenvalue weighted by atomic mass is 35.5. The second-order valence-electron chi connectivity index (χ2n) is 6.16. The van der Waals surface area contributed by atoms with E-state index in [-0.39, 0.29) is 17.7 Å². The van der Waals surface area contributed by atoms with Gasteiger partial charge in [0.1, 0.15) is 0 Å². The molecular formula is C16H13Cl2NO2. The Bertz CT molecular complexity index is 700. The second kappa shape index (κ2) is 4.34. The largest absolute Gasteiger partial charge is 0.274 e. The summed E-state index contributed by atoms with van der Waals surface area (Å²) in [5.74, 6) is 0.425. The van der Waals surface area contributed by atoms with E-state index in [1.807, 2.05) is 0 Å². The maximum absolute atomic E-state index is 12.9. The third-order valence-corrected chi connectivity index (χ3v) is 5.75. The van der Waals surface area contributed by atoms with Crippen molar-refractivity contribution >= 4 is 40.7 Å². The molecule has 1 saturated heterocycles. The molecule has 5 heteroatoms. The minimum Gasteiger partial charge on any atom is -0.274 e. The molecule has 1 aromatic carbocycles. The molecule has 1 saturated carbocycles. The first kappa shape index (κ1) is 13.4. The summed E-state index contributed by atoms with van der Waals surface area (Å²) in [7, 11) is 0. The number of imide groups is 1. The Morgan fingerprint density at radius 2 is 1.95 bits per heavy atom. The van der Waals surface area contributed by atoms with Gasteiger partial charge < -0.3 is 0 Å². The molecule has 3 nitrogen and oxygen atoms in total. The van der Waals surface area contributed by atoms with Crippen molar-refractivity contribution in [2.24, 2.45) is 17.3 Å². The first-order valence-corrected chi connectivity index (χ1v) is 7.78. The molecule has 0 aromatic heterocycles. The topological polar surface area (TPSA) is 37.4 Å². The lowest BCUT2D eigenvalue weighted by atomic mass is 9.74. The van der Waals surface area contributed by atoms with Crippen molar-refractivity contribution in [3.05, 3.63) is 40.4 Å². The van der Waals surface area contributed by atoms with Gasteiger partial charge in [-0.05, 0) is 42.9 Å². The normalized spacial score (nSPS) is 33.7. The van der Waals surface area contributed by atoms with Crippen LogP contribution in [0.2, 0.25) is 10.0 Å². The number of fused-ring (bicyclic) bond motifs is 3. The van der Waals surface area contributed by atoms with Gasteiger partial charge in [-0.3, -0.25) is 9.59 Å². The average Bonchev–Trinajstić information content (AvgIpc) is 3.09. The lowest BCUT2D eigenvalue weighted by Gasteiger charge is -2.28. The van der Waals surface area contributed by atoms with Gasteiger partial charge >= 0.3 is 0 Å². The van der Waals surface area contributed by atoms with E-state index in [0.29, 0.717) is 28.1 Å². The molecule has 3 aliphatic rings. The van der Waals surface area contributed by atoms with Crippen molar-refractivity contribution in [2.45, 2.75) is 19.3 Å². The summed E-state index contributed by atoms with van der Waals surface area (Å²) in [5.41, 5.74) is -0.00849. The molecule has 2 amide bonds. The van der Waals surface area contributed by atoms with Gasteiger partial charge in [0.15, 0.2) is 0 Å². The van der Waals surface area contributed by atoms with Crippen molar-refractivity contribution in [2.75, 3.05) is 4.90 Å². The quantitative estimate of drug-likeness (QED) is 0.582. The maximum atomic E-state index is 12.9. The van der Waals surface area contributed by atoms with E-state index < -0.39 is 5.41 Å². The van der Waals surface area contributed by atoms with Crippen LogP contribution in [0.4, 0.5) is 5.69 Å². The van der Waals surface area contributed by atoms with Crippen LogP contribution >= 0.6 is 23.2 Å². The van der Waals surface area contributed by atoms with Crippen LogP contribution in [-0.2, 0) is 9.59 Å². The van der Waals surface area contributed by atoms with Gasteiger partial charge in [0, 0.05) is 6.42 Å². The smallest absolute Gasteiger partial charge is 0.241 e. The fourth-order valence-corrected chi connectivity index (χ4v) is 4.34. The summed E-state index contributed by atoms with van der Waals surface area (Å²) >= 11 is 11.9. The lowest BCUT2D eigenvalue weighted by Crippen LogP contribution is -2.38. The number of amides is 2. The van der Waals surface area contributed by atoms with E-state index in [2.05, 4.69) is 12.2 Å². The molecule has 4 rings (SSSR count). The molecule has 2 fully saturated rings. The van der Waals surface area contributed by atoms with Crippen LogP contribution in [0, 0.1) is 17.3 Å². The molecule has 1 aliphatic heterocycles. The van der Waals surface area contributed by atoms with Gasteiger partial charge in [-0.1, -0.05) is 35.4 Å². The third kappa shape index (κ3) is 1.74. The summed E-state index contributed by atoms with van der Waals surface area (Å²) in [6, 6.07) is 4.87. The highest BCUT2D eigenvalue weighted by Crippen LogP contribution is 2.57. The number of anilines is 1. The highest BCUT2D eigenvalue weighted by Gasteiger charge is 2.60. The predicted octanol–water partition coefficient (Wildman–Crippen LogP) is 3.84. The number of carbonyl (C=O) groups is 2. The Morgan fingerprint density at radius 3 is 2.57 bits per heavy atom. The van der Waals surface area contributed by atoms with Crippen LogP contribution in [-0.4, -0.2) is 11.8 Å². The minimum absolute atomic E-state index is 0.0808. The first-order chi connectivity index (χ1) is 10.0. The van der Waals surface area contributed by atoms with E-state index in [1.54, 1.807) is 18.2 Å². The number of hydrogen-bond donors (Lipinski definition) is 0. The molecule has 0 radical (unpaired) electrons. The molecule has 1 spiro atoms. The zero-order valence-electron chi connectivity index (χ0n) is 11.2. The number of allylic oxidation sites excluding steroid dienone is 2. The van der Waals surface area contributed by atoms with Crippen molar-refractivity contribution < 1.29 is 9.59 Å². The van der Waals surface area contributed by atoms with Crippen molar-refractivity contribution in [1.82, 2.24) is 0 Å². The SMILES string of the molecule is O=C1C[C@]2(C[C@H]3C=C[C@@H]2C3)C(=O)N1c1ccc(Cl)c(Cl)c1. The van der Waals surface area contributed by atoms with E-state index in [1.165, 1.54) is 4.90 Å². The molecule has 2 aliphatic carbocycles. The van der Waals surface area contributed by atoms with Crippen molar-refractivity contribution in [3.63, 3.8) is 0 Å². The Labute approximate surface area is 132 Å². The highest BCUT2D eigenvalue weighted by molar-refractivity contribution is 6.42. The zero-order valence-corrected chi connectivity index (χ0v) is 12.7. The van der Waals surface area contributed by atoms with E-state index in [4.69, 9.17) is 23.2 Å². The van der Waals surface area contributed by atoms with Gasteiger partial charge in [-0.25, -0.2) is 4.90 Å². The molecule has 1 aromatic rings. The Balaban J connectivity index is 1.74. The summed E-state index contributed by atoms with van der Waals surface area (Å²) in [6.45, 7) is 0. The lowest BCUT2D eigenvalue weighted by molar-refractivity contribution is -0.126. The van der Waals surface area contributed by atoms with Gasteiger partial charge in [0.05, 0.1) is 21.1 Å². The molecule has 0 unspecified atom stereocenters. The summed E-state index contributed by atoms with van der Waals surface area (Å²) in [4.78, 5) is 26.6. The number of carbonyl (C=O) groups excluding carboxylic acids is 2. The minimum atomic E-state index is -0.525.